The Balaban J connectivity index is 1.44. The quantitative estimate of drug-likeness (QED) is 0.587. The molecule has 1 aromatic heterocycles. The summed E-state index contributed by atoms with van der Waals surface area (Å²) in [5.41, 5.74) is 1.06. The Morgan fingerprint density at radius 1 is 1.10 bits per heavy atom. The predicted molar refractivity (Wildman–Crippen MR) is 105 cm³/mol. The van der Waals surface area contributed by atoms with Gasteiger partial charge in [0.05, 0.1) is 18.8 Å². The van der Waals surface area contributed by atoms with Crippen LogP contribution in [-0.2, 0) is 10.9 Å². The molecule has 0 spiro atoms. The van der Waals surface area contributed by atoms with Gasteiger partial charge in [0.2, 0.25) is 5.95 Å². The van der Waals surface area contributed by atoms with E-state index < -0.39 is 17.8 Å². The molecule has 0 radical (unpaired) electrons. The number of H-pyrrole nitrogens is 1. The fourth-order valence-corrected chi connectivity index (χ4v) is 3.20. The zero-order valence-electron chi connectivity index (χ0n) is 15.9. The molecule has 1 saturated heterocycles. The number of hydrogen-bond donors (Lipinski definition) is 3. The Labute approximate surface area is 170 Å². The fraction of sp³-hybridized carbons (Fsp3) is 0.300. The number of rotatable bonds is 5. The van der Waals surface area contributed by atoms with E-state index in [-0.39, 0.29) is 17.3 Å². The number of nitrogens with one attached hydrogen (secondary N) is 2. The molecule has 1 atom stereocenters. The predicted octanol–water partition coefficient (Wildman–Crippen LogP) is 3.49. The highest BCUT2D eigenvalue weighted by atomic mass is 19.4. The van der Waals surface area contributed by atoms with Crippen molar-refractivity contribution < 1.29 is 23.0 Å². The van der Waals surface area contributed by atoms with E-state index in [4.69, 9.17) is 4.74 Å². The minimum Gasteiger partial charge on any atom is -0.380 e. The van der Waals surface area contributed by atoms with Crippen LogP contribution in [0.25, 0.3) is 0 Å². The molecule has 0 bridgehead atoms. The van der Waals surface area contributed by atoms with E-state index in [2.05, 4.69) is 25.4 Å². The largest absolute Gasteiger partial charge is 0.416 e. The van der Waals surface area contributed by atoms with E-state index in [0.29, 0.717) is 13.2 Å². The van der Waals surface area contributed by atoms with Crippen molar-refractivity contribution in [2.24, 2.45) is 0 Å². The Morgan fingerprint density at radius 3 is 2.53 bits per heavy atom. The third kappa shape index (κ3) is 4.55. The number of ether oxygens (including phenoxy) is 1. The van der Waals surface area contributed by atoms with Crippen molar-refractivity contribution in [1.82, 2.24) is 15.2 Å². The third-order valence-corrected chi connectivity index (χ3v) is 4.79. The van der Waals surface area contributed by atoms with Gasteiger partial charge in [-0.2, -0.15) is 18.2 Å². The fourth-order valence-electron chi connectivity index (χ4n) is 3.20. The number of nitrogens with zero attached hydrogens (tertiary/aromatic N) is 3. The number of morpholine rings is 1. The van der Waals surface area contributed by atoms with Gasteiger partial charge in [-0.05, 0) is 42.0 Å². The van der Waals surface area contributed by atoms with Crippen LogP contribution >= 0.6 is 0 Å². The van der Waals surface area contributed by atoms with Crippen LogP contribution in [-0.4, -0.2) is 46.6 Å². The van der Waals surface area contributed by atoms with Gasteiger partial charge in [0.25, 0.3) is 0 Å². The van der Waals surface area contributed by atoms with E-state index in [0.717, 1.165) is 36.6 Å². The second-order valence-electron chi connectivity index (χ2n) is 6.84. The number of alkyl halides is 3. The SMILES string of the molecule is OC(c1cccc(C(F)(F)F)c1)c1nc(Nc2ccc(N3CCOCC3)cc2)n[nH]1. The normalized spacial score (nSPS) is 15.8. The molecule has 30 heavy (non-hydrogen) atoms. The summed E-state index contributed by atoms with van der Waals surface area (Å²) in [6, 6.07) is 12.2. The minimum absolute atomic E-state index is 0.0433. The Hall–Kier alpha value is -3.11. The number of anilines is 3. The molecule has 3 N–H and O–H groups in total. The minimum atomic E-state index is -4.49. The van der Waals surface area contributed by atoms with Crippen molar-refractivity contribution in [3.05, 3.63) is 65.5 Å². The van der Waals surface area contributed by atoms with E-state index in [9.17, 15) is 18.3 Å². The highest BCUT2D eigenvalue weighted by molar-refractivity contribution is 5.59. The highest BCUT2D eigenvalue weighted by Gasteiger charge is 2.31. The first-order chi connectivity index (χ1) is 14.4. The van der Waals surface area contributed by atoms with Crippen LogP contribution in [0.5, 0.6) is 0 Å². The number of aromatic nitrogens is 3. The van der Waals surface area contributed by atoms with Crippen molar-refractivity contribution in [2.45, 2.75) is 12.3 Å². The van der Waals surface area contributed by atoms with Gasteiger partial charge in [0.15, 0.2) is 5.82 Å². The number of aliphatic hydroxyl groups is 1. The van der Waals surface area contributed by atoms with Gasteiger partial charge in [-0.3, -0.25) is 5.10 Å². The number of benzene rings is 2. The van der Waals surface area contributed by atoms with E-state index >= 15 is 0 Å². The van der Waals surface area contributed by atoms with Crippen LogP contribution < -0.4 is 10.2 Å². The van der Waals surface area contributed by atoms with E-state index in [1.54, 1.807) is 0 Å². The second-order valence-corrected chi connectivity index (χ2v) is 6.84. The van der Waals surface area contributed by atoms with Crippen molar-refractivity contribution in [3.63, 3.8) is 0 Å². The molecule has 1 fully saturated rings. The Kier molecular flexibility index (Phi) is 5.60. The number of aromatic amines is 1. The number of halogens is 3. The molecule has 7 nitrogen and oxygen atoms in total. The molecule has 0 amide bonds. The van der Waals surface area contributed by atoms with Gasteiger partial charge in [0.1, 0.15) is 6.10 Å². The van der Waals surface area contributed by atoms with Crippen LogP contribution in [0, 0.1) is 0 Å². The van der Waals surface area contributed by atoms with Gasteiger partial charge >= 0.3 is 6.18 Å². The van der Waals surface area contributed by atoms with Gasteiger partial charge in [-0.25, -0.2) is 0 Å². The van der Waals surface area contributed by atoms with Gasteiger partial charge in [0, 0.05) is 24.5 Å². The summed E-state index contributed by atoms with van der Waals surface area (Å²) in [7, 11) is 0. The van der Waals surface area contributed by atoms with Gasteiger partial charge in [-0.1, -0.05) is 12.1 Å². The maximum absolute atomic E-state index is 12.9. The Morgan fingerprint density at radius 2 is 1.83 bits per heavy atom. The standard InChI is InChI=1S/C20H20F3N5O2/c21-20(22,23)14-3-1-2-13(12-14)17(29)18-25-19(27-26-18)24-15-4-6-16(7-5-15)28-8-10-30-11-9-28/h1-7,12,17,29H,8-11H2,(H2,24,25,26,27). The summed E-state index contributed by atoms with van der Waals surface area (Å²) in [5, 5.41) is 20.0. The molecule has 4 rings (SSSR count). The lowest BCUT2D eigenvalue weighted by molar-refractivity contribution is -0.137. The van der Waals surface area contributed by atoms with Crippen LogP contribution in [0.2, 0.25) is 0 Å². The molecule has 158 valence electrons. The van der Waals surface area contributed by atoms with Crippen molar-refractivity contribution >= 4 is 17.3 Å². The number of hydrogen-bond acceptors (Lipinski definition) is 6. The average Bonchev–Trinajstić information content (AvgIpc) is 3.22. The molecule has 10 heteroatoms. The summed E-state index contributed by atoms with van der Waals surface area (Å²) in [6.45, 7) is 3.08. The maximum Gasteiger partial charge on any atom is 0.416 e. The summed E-state index contributed by atoms with van der Waals surface area (Å²) in [5.74, 6) is 0.247. The molecular formula is C20H20F3N5O2. The zero-order chi connectivity index (χ0) is 21.1. The molecule has 2 heterocycles. The summed E-state index contributed by atoms with van der Waals surface area (Å²) in [4.78, 5) is 6.38. The maximum atomic E-state index is 12.9. The zero-order valence-corrected chi connectivity index (χ0v) is 15.9. The summed E-state index contributed by atoms with van der Waals surface area (Å²) < 4.78 is 44.0. The topological polar surface area (TPSA) is 86.3 Å². The lowest BCUT2D eigenvalue weighted by Gasteiger charge is -2.28. The van der Waals surface area contributed by atoms with Crippen LogP contribution in [0.15, 0.2) is 48.5 Å². The van der Waals surface area contributed by atoms with Crippen LogP contribution in [0.4, 0.5) is 30.5 Å². The Bertz CT molecular complexity index is 985. The first-order valence-electron chi connectivity index (χ1n) is 9.37. The number of aliphatic hydroxyl groups excluding tert-OH is 1. The van der Waals surface area contributed by atoms with Gasteiger partial charge < -0.3 is 20.1 Å². The highest BCUT2D eigenvalue weighted by Crippen LogP contribution is 2.31. The summed E-state index contributed by atoms with van der Waals surface area (Å²) in [6.07, 6.45) is -5.85. The molecule has 2 aromatic carbocycles. The van der Waals surface area contributed by atoms with Crippen molar-refractivity contribution in [1.29, 1.82) is 0 Å². The van der Waals surface area contributed by atoms with Gasteiger partial charge in [-0.15, -0.1) is 5.10 Å². The molecule has 1 aliphatic rings. The molecule has 0 aliphatic carbocycles. The average molecular weight is 419 g/mol. The molecule has 0 saturated carbocycles. The second kappa shape index (κ2) is 8.33. The van der Waals surface area contributed by atoms with Crippen molar-refractivity contribution in [3.8, 4) is 0 Å². The third-order valence-electron chi connectivity index (χ3n) is 4.79. The first kappa shape index (κ1) is 20.2. The van der Waals surface area contributed by atoms with Crippen molar-refractivity contribution in [2.75, 3.05) is 36.5 Å². The van der Waals surface area contributed by atoms with E-state index in [1.165, 1.54) is 12.1 Å². The lowest BCUT2D eigenvalue weighted by atomic mass is 10.1. The molecule has 1 aliphatic heterocycles. The first-order valence-corrected chi connectivity index (χ1v) is 9.37. The monoisotopic (exact) mass is 419 g/mol. The lowest BCUT2D eigenvalue weighted by Crippen LogP contribution is -2.36. The molecule has 3 aromatic rings. The molecular weight excluding hydrogens is 399 g/mol. The van der Waals surface area contributed by atoms with Crippen LogP contribution in [0.3, 0.4) is 0 Å². The summed E-state index contributed by atoms with van der Waals surface area (Å²) >= 11 is 0. The molecule has 1 unspecified atom stereocenters. The van der Waals surface area contributed by atoms with E-state index in [1.807, 2.05) is 24.3 Å². The van der Waals surface area contributed by atoms with Crippen LogP contribution in [0.1, 0.15) is 23.1 Å². The smallest absolute Gasteiger partial charge is 0.380 e.